The van der Waals surface area contributed by atoms with Crippen LogP contribution in [-0.4, -0.2) is 38.2 Å². The van der Waals surface area contributed by atoms with Crippen LogP contribution < -0.4 is 4.90 Å². The van der Waals surface area contributed by atoms with Crippen LogP contribution in [0.15, 0.2) is 24.3 Å². The van der Waals surface area contributed by atoms with Gasteiger partial charge in [0.25, 0.3) is 0 Å². The van der Waals surface area contributed by atoms with Crippen molar-refractivity contribution in [2.45, 2.75) is 25.7 Å². The zero-order valence-corrected chi connectivity index (χ0v) is 10.8. The third kappa shape index (κ3) is 3.45. The van der Waals surface area contributed by atoms with Crippen LogP contribution in [0.1, 0.15) is 18.4 Å². The Hall–Kier alpha value is -1.10. The van der Waals surface area contributed by atoms with Crippen LogP contribution in [0.3, 0.4) is 0 Å². The maximum Gasteiger partial charge on any atom is 0.159 e. The van der Waals surface area contributed by atoms with Crippen molar-refractivity contribution in [3.63, 3.8) is 0 Å². The van der Waals surface area contributed by atoms with E-state index in [1.165, 1.54) is 0 Å². The van der Waals surface area contributed by atoms with Crippen molar-refractivity contribution in [2.24, 2.45) is 0 Å². The molecule has 1 fully saturated rings. The van der Waals surface area contributed by atoms with Gasteiger partial charge in [-0.2, -0.15) is 0 Å². The lowest BCUT2D eigenvalue weighted by Gasteiger charge is -2.27. The van der Waals surface area contributed by atoms with Crippen molar-refractivity contribution >= 4 is 5.69 Å². The Labute approximate surface area is 108 Å². The van der Waals surface area contributed by atoms with Crippen molar-refractivity contribution in [2.75, 3.05) is 31.7 Å². The molecule has 0 aromatic heterocycles. The van der Waals surface area contributed by atoms with E-state index in [0.29, 0.717) is 0 Å². The number of hydrogen-bond donors (Lipinski definition) is 1. The number of nitrogens with zero attached hydrogens (tertiary/aromatic N) is 1. The van der Waals surface area contributed by atoms with Crippen LogP contribution in [0, 0.1) is 0 Å². The van der Waals surface area contributed by atoms with Crippen molar-refractivity contribution < 1.29 is 14.6 Å². The Kier molecular flexibility index (Phi) is 4.99. The minimum atomic E-state index is -0.0810. The summed E-state index contributed by atoms with van der Waals surface area (Å²) < 4.78 is 11.0. The third-order valence-electron chi connectivity index (χ3n) is 3.17. The molecule has 4 heteroatoms. The summed E-state index contributed by atoms with van der Waals surface area (Å²) in [6, 6.07) is 7.89. The minimum Gasteiger partial charge on any atom is -0.392 e. The van der Waals surface area contributed by atoms with E-state index in [2.05, 4.69) is 4.90 Å². The second-order valence-corrected chi connectivity index (χ2v) is 4.52. The summed E-state index contributed by atoms with van der Waals surface area (Å²) >= 11 is 0. The number of benzene rings is 1. The zero-order valence-electron chi connectivity index (χ0n) is 10.8. The second kappa shape index (κ2) is 6.73. The molecule has 1 N–H and O–H groups in total. The first-order valence-electron chi connectivity index (χ1n) is 6.44. The van der Waals surface area contributed by atoms with Gasteiger partial charge in [0.05, 0.1) is 19.8 Å². The van der Waals surface area contributed by atoms with E-state index in [1.807, 2.05) is 31.3 Å². The first-order chi connectivity index (χ1) is 8.81. The average Bonchev–Trinajstić information content (AvgIpc) is 2.45. The van der Waals surface area contributed by atoms with Gasteiger partial charge < -0.3 is 19.5 Å². The molecule has 1 saturated heterocycles. The second-order valence-electron chi connectivity index (χ2n) is 4.52. The van der Waals surface area contributed by atoms with Crippen molar-refractivity contribution in [3.8, 4) is 0 Å². The van der Waals surface area contributed by atoms with Gasteiger partial charge in [0, 0.05) is 31.3 Å². The van der Waals surface area contributed by atoms with E-state index in [4.69, 9.17) is 9.47 Å². The predicted octanol–water partition coefficient (Wildman–Crippen LogP) is 1.77. The van der Waals surface area contributed by atoms with Gasteiger partial charge in [0.2, 0.25) is 0 Å². The number of para-hydroxylation sites is 1. The lowest BCUT2D eigenvalue weighted by Crippen LogP contribution is -2.30. The number of hydrogen-bond acceptors (Lipinski definition) is 4. The molecule has 1 aromatic rings. The summed E-state index contributed by atoms with van der Waals surface area (Å²) in [5, 5.41) is 9.31. The predicted molar refractivity (Wildman–Crippen MR) is 70.6 cm³/mol. The Morgan fingerprint density at radius 3 is 2.72 bits per heavy atom. The molecule has 1 aliphatic heterocycles. The number of aliphatic hydroxyl groups is 1. The normalized spacial score (nSPS) is 16.8. The van der Waals surface area contributed by atoms with E-state index < -0.39 is 0 Å². The van der Waals surface area contributed by atoms with Gasteiger partial charge in [0.1, 0.15) is 0 Å². The van der Waals surface area contributed by atoms with Gasteiger partial charge in [0.15, 0.2) is 6.29 Å². The summed E-state index contributed by atoms with van der Waals surface area (Å²) in [5.74, 6) is 0. The van der Waals surface area contributed by atoms with Crippen molar-refractivity contribution in [1.29, 1.82) is 0 Å². The van der Waals surface area contributed by atoms with Crippen molar-refractivity contribution in [1.82, 2.24) is 0 Å². The maximum absolute atomic E-state index is 9.31. The van der Waals surface area contributed by atoms with Gasteiger partial charge in [-0.3, -0.25) is 0 Å². The molecule has 2 rings (SSSR count). The topological polar surface area (TPSA) is 41.9 Å². The van der Waals surface area contributed by atoms with Gasteiger partial charge in [-0.05, 0) is 12.5 Å². The summed E-state index contributed by atoms with van der Waals surface area (Å²) in [7, 11) is 2.03. The van der Waals surface area contributed by atoms with Gasteiger partial charge in [-0.1, -0.05) is 18.2 Å². The van der Waals surface area contributed by atoms with Crippen LogP contribution in [0.5, 0.6) is 0 Å². The van der Waals surface area contributed by atoms with Gasteiger partial charge >= 0.3 is 0 Å². The molecule has 1 heterocycles. The highest BCUT2D eigenvalue weighted by Crippen LogP contribution is 2.20. The van der Waals surface area contributed by atoms with Crippen LogP contribution in [-0.2, 0) is 16.1 Å². The Morgan fingerprint density at radius 1 is 1.28 bits per heavy atom. The molecule has 0 aliphatic carbocycles. The smallest absolute Gasteiger partial charge is 0.159 e. The fraction of sp³-hybridized carbons (Fsp3) is 0.571. The first-order valence-corrected chi connectivity index (χ1v) is 6.44. The Morgan fingerprint density at radius 2 is 2.00 bits per heavy atom. The molecule has 0 bridgehead atoms. The lowest BCUT2D eigenvalue weighted by molar-refractivity contribution is -0.179. The summed E-state index contributed by atoms with van der Waals surface area (Å²) in [6.45, 7) is 2.50. The quantitative estimate of drug-likeness (QED) is 0.866. The molecule has 0 atom stereocenters. The number of aliphatic hydroxyl groups excluding tert-OH is 1. The highest BCUT2D eigenvalue weighted by Gasteiger charge is 2.15. The molecule has 100 valence electrons. The van der Waals surface area contributed by atoms with Crippen LogP contribution in [0.2, 0.25) is 0 Å². The summed E-state index contributed by atoms with van der Waals surface area (Å²) in [4.78, 5) is 2.13. The van der Waals surface area contributed by atoms with Gasteiger partial charge in [-0.15, -0.1) is 0 Å². The zero-order chi connectivity index (χ0) is 12.8. The standard InChI is InChI=1S/C14H21NO3/c1-15(8-7-14-17-9-4-10-18-14)13-6-3-2-5-12(13)11-16/h2-3,5-6,14,16H,4,7-11H2,1H3. The first kappa shape index (κ1) is 13.3. The summed E-state index contributed by atoms with van der Waals surface area (Å²) in [5.41, 5.74) is 2.02. The molecule has 1 aromatic carbocycles. The maximum atomic E-state index is 9.31. The molecule has 4 nitrogen and oxygen atoms in total. The molecular weight excluding hydrogens is 230 g/mol. The Bertz CT molecular complexity index is 364. The van der Waals surface area contributed by atoms with E-state index in [-0.39, 0.29) is 12.9 Å². The highest BCUT2D eigenvalue weighted by atomic mass is 16.7. The van der Waals surface area contributed by atoms with Crippen molar-refractivity contribution in [3.05, 3.63) is 29.8 Å². The summed E-state index contributed by atoms with van der Waals surface area (Å²) in [6.07, 6.45) is 1.75. The molecule has 0 unspecified atom stereocenters. The lowest BCUT2D eigenvalue weighted by atomic mass is 10.1. The van der Waals surface area contributed by atoms with E-state index >= 15 is 0 Å². The number of rotatable bonds is 5. The monoisotopic (exact) mass is 251 g/mol. The molecule has 1 aliphatic rings. The highest BCUT2D eigenvalue weighted by molar-refractivity contribution is 5.52. The molecular formula is C14H21NO3. The molecule has 0 amide bonds. The third-order valence-corrected chi connectivity index (χ3v) is 3.17. The fourth-order valence-corrected chi connectivity index (χ4v) is 2.14. The van der Waals surface area contributed by atoms with Crippen LogP contribution >= 0.6 is 0 Å². The number of anilines is 1. The molecule has 18 heavy (non-hydrogen) atoms. The fourth-order valence-electron chi connectivity index (χ4n) is 2.14. The SMILES string of the molecule is CN(CCC1OCCCO1)c1ccccc1CO. The van der Waals surface area contributed by atoms with Crippen LogP contribution in [0.4, 0.5) is 5.69 Å². The molecule has 0 saturated carbocycles. The average molecular weight is 251 g/mol. The minimum absolute atomic E-state index is 0.0664. The number of ether oxygens (including phenoxy) is 2. The van der Waals surface area contributed by atoms with Gasteiger partial charge in [-0.25, -0.2) is 0 Å². The van der Waals surface area contributed by atoms with E-state index in [1.54, 1.807) is 0 Å². The van der Waals surface area contributed by atoms with Crippen LogP contribution in [0.25, 0.3) is 0 Å². The largest absolute Gasteiger partial charge is 0.392 e. The molecule has 0 spiro atoms. The van der Waals surface area contributed by atoms with E-state index in [9.17, 15) is 5.11 Å². The molecule has 0 radical (unpaired) electrons. The van der Waals surface area contributed by atoms with E-state index in [0.717, 1.165) is 43.9 Å². The Balaban J connectivity index is 1.88.